The van der Waals surface area contributed by atoms with Crippen LogP contribution in [-0.2, 0) is 16.1 Å². The van der Waals surface area contributed by atoms with Gasteiger partial charge in [-0.3, -0.25) is 0 Å². The maximum absolute atomic E-state index is 11.3. The molecule has 0 bridgehead atoms. The van der Waals surface area contributed by atoms with Crippen LogP contribution in [0.2, 0.25) is 0 Å². The van der Waals surface area contributed by atoms with Crippen molar-refractivity contribution in [3.05, 3.63) is 35.4 Å². The number of rotatable bonds is 5. The Bertz CT molecular complexity index is 396. The van der Waals surface area contributed by atoms with E-state index in [0.29, 0.717) is 18.1 Å². The Morgan fingerprint density at radius 2 is 2.16 bits per heavy atom. The van der Waals surface area contributed by atoms with Gasteiger partial charge in [0.1, 0.15) is 0 Å². The Labute approximate surface area is 114 Å². The van der Waals surface area contributed by atoms with Crippen LogP contribution in [0.1, 0.15) is 28.8 Å². The average molecular weight is 263 g/mol. The van der Waals surface area contributed by atoms with Crippen LogP contribution >= 0.6 is 0 Å². The number of methoxy groups -OCH3 is 1. The van der Waals surface area contributed by atoms with Crippen molar-refractivity contribution in [1.29, 1.82) is 0 Å². The van der Waals surface area contributed by atoms with Crippen LogP contribution in [0.5, 0.6) is 0 Å². The Kier molecular flexibility index (Phi) is 5.36. The third-order valence-electron chi connectivity index (χ3n) is 3.40. The fourth-order valence-electron chi connectivity index (χ4n) is 2.26. The van der Waals surface area contributed by atoms with Gasteiger partial charge in [-0.2, -0.15) is 0 Å². The molecule has 1 aromatic rings. The molecule has 1 atom stereocenters. The summed E-state index contributed by atoms with van der Waals surface area (Å²) in [5.74, 6) is 0.323. The summed E-state index contributed by atoms with van der Waals surface area (Å²) < 4.78 is 10.4. The van der Waals surface area contributed by atoms with Crippen molar-refractivity contribution in [3.8, 4) is 0 Å². The molecule has 0 aromatic heterocycles. The van der Waals surface area contributed by atoms with E-state index in [1.54, 1.807) is 12.1 Å². The lowest BCUT2D eigenvalue weighted by Crippen LogP contribution is -2.32. The van der Waals surface area contributed by atoms with Gasteiger partial charge in [-0.25, -0.2) is 4.79 Å². The van der Waals surface area contributed by atoms with Crippen molar-refractivity contribution in [2.45, 2.75) is 19.4 Å². The molecule has 0 saturated carbocycles. The van der Waals surface area contributed by atoms with Gasteiger partial charge in [-0.05, 0) is 43.0 Å². The zero-order chi connectivity index (χ0) is 13.5. The number of carbonyl (C=O) groups excluding carboxylic acids is 1. The number of piperidine rings is 1. The van der Waals surface area contributed by atoms with E-state index in [-0.39, 0.29) is 5.97 Å². The lowest BCUT2D eigenvalue weighted by Gasteiger charge is -2.22. The first-order chi connectivity index (χ1) is 9.29. The van der Waals surface area contributed by atoms with Crippen LogP contribution in [0.25, 0.3) is 0 Å². The average Bonchev–Trinajstić information content (AvgIpc) is 2.48. The van der Waals surface area contributed by atoms with Crippen LogP contribution in [0.15, 0.2) is 24.3 Å². The molecule has 19 heavy (non-hydrogen) atoms. The molecule has 1 saturated heterocycles. The summed E-state index contributed by atoms with van der Waals surface area (Å²) in [6.45, 7) is 3.58. The van der Waals surface area contributed by atoms with Crippen molar-refractivity contribution in [2.75, 3.05) is 26.8 Å². The first-order valence-electron chi connectivity index (χ1n) is 6.75. The molecule has 0 amide bonds. The van der Waals surface area contributed by atoms with E-state index in [9.17, 15) is 4.79 Å². The summed E-state index contributed by atoms with van der Waals surface area (Å²) in [5, 5.41) is 3.38. The van der Waals surface area contributed by atoms with E-state index in [0.717, 1.165) is 25.3 Å². The van der Waals surface area contributed by atoms with Gasteiger partial charge >= 0.3 is 5.97 Å². The molecular formula is C15H21NO3. The zero-order valence-electron chi connectivity index (χ0n) is 11.4. The smallest absolute Gasteiger partial charge is 0.337 e. The largest absolute Gasteiger partial charge is 0.465 e. The van der Waals surface area contributed by atoms with Crippen molar-refractivity contribution in [2.24, 2.45) is 5.92 Å². The predicted octanol–water partition coefficient (Wildman–Crippen LogP) is 1.99. The molecule has 104 valence electrons. The zero-order valence-corrected chi connectivity index (χ0v) is 11.4. The van der Waals surface area contributed by atoms with Gasteiger partial charge in [-0.1, -0.05) is 12.1 Å². The van der Waals surface area contributed by atoms with E-state index >= 15 is 0 Å². The summed E-state index contributed by atoms with van der Waals surface area (Å²) in [5.41, 5.74) is 1.65. The minimum atomic E-state index is -0.305. The Hall–Kier alpha value is -1.39. The van der Waals surface area contributed by atoms with Gasteiger partial charge in [0, 0.05) is 6.54 Å². The first kappa shape index (κ1) is 14.0. The van der Waals surface area contributed by atoms with E-state index in [2.05, 4.69) is 10.1 Å². The second kappa shape index (κ2) is 7.26. The van der Waals surface area contributed by atoms with Gasteiger partial charge < -0.3 is 14.8 Å². The Morgan fingerprint density at radius 3 is 2.79 bits per heavy atom. The van der Waals surface area contributed by atoms with Gasteiger partial charge in [0.15, 0.2) is 0 Å². The molecule has 1 N–H and O–H groups in total. The first-order valence-corrected chi connectivity index (χ1v) is 6.75. The lowest BCUT2D eigenvalue weighted by atomic mass is 10.0. The number of hydrogen-bond donors (Lipinski definition) is 1. The van der Waals surface area contributed by atoms with Gasteiger partial charge in [0.05, 0.1) is 25.9 Å². The topological polar surface area (TPSA) is 47.6 Å². The van der Waals surface area contributed by atoms with Crippen molar-refractivity contribution < 1.29 is 14.3 Å². The number of benzene rings is 1. The highest BCUT2D eigenvalue weighted by atomic mass is 16.5. The van der Waals surface area contributed by atoms with Crippen LogP contribution < -0.4 is 5.32 Å². The van der Waals surface area contributed by atoms with Crippen LogP contribution in [0.3, 0.4) is 0 Å². The summed E-state index contributed by atoms with van der Waals surface area (Å²) >= 11 is 0. The standard InChI is InChI=1S/C15H21NO3/c1-18-15(17)14-6-4-12(5-7-14)10-19-11-13-3-2-8-16-9-13/h4-7,13,16H,2-3,8-11H2,1H3/t13-/m1/s1. The third-order valence-corrected chi connectivity index (χ3v) is 3.40. The summed E-state index contributed by atoms with van der Waals surface area (Å²) in [4.78, 5) is 11.3. The molecule has 2 rings (SSSR count). The van der Waals surface area contributed by atoms with Crippen LogP contribution in [-0.4, -0.2) is 32.8 Å². The van der Waals surface area contributed by atoms with Gasteiger partial charge in [0.25, 0.3) is 0 Å². The molecule has 1 aliphatic heterocycles. The summed E-state index contributed by atoms with van der Waals surface area (Å²) in [6.07, 6.45) is 2.48. The van der Waals surface area contributed by atoms with Crippen LogP contribution in [0.4, 0.5) is 0 Å². The van der Waals surface area contributed by atoms with Crippen molar-refractivity contribution >= 4 is 5.97 Å². The molecule has 0 spiro atoms. The van der Waals surface area contributed by atoms with Gasteiger partial charge in [-0.15, -0.1) is 0 Å². The van der Waals surface area contributed by atoms with Gasteiger partial charge in [0.2, 0.25) is 0 Å². The summed E-state index contributed by atoms with van der Waals surface area (Å²) in [6, 6.07) is 7.36. The monoisotopic (exact) mass is 263 g/mol. The molecular weight excluding hydrogens is 242 g/mol. The number of nitrogens with one attached hydrogen (secondary N) is 1. The fraction of sp³-hybridized carbons (Fsp3) is 0.533. The predicted molar refractivity (Wildman–Crippen MR) is 73.0 cm³/mol. The second-order valence-corrected chi connectivity index (χ2v) is 4.92. The molecule has 1 heterocycles. The lowest BCUT2D eigenvalue weighted by molar-refractivity contribution is 0.0600. The molecule has 4 nitrogen and oxygen atoms in total. The highest BCUT2D eigenvalue weighted by molar-refractivity contribution is 5.89. The molecule has 0 aliphatic carbocycles. The van der Waals surface area contributed by atoms with Crippen molar-refractivity contribution in [3.63, 3.8) is 0 Å². The second-order valence-electron chi connectivity index (χ2n) is 4.92. The normalized spacial score (nSPS) is 19.1. The molecule has 0 radical (unpaired) electrons. The minimum Gasteiger partial charge on any atom is -0.465 e. The molecule has 0 unspecified atom stereocenters. The molecule has 1 fully saturated rings. The van der Waals surface area contributed by atoms with Crippen molar-refractivity contribution in [1.82, 2.24) is 5.32 Å². The third kappa shape index (κ3) is 4.33. The molecule has 1 aliphatic rings. The van der Waals surface area contributed by atoms with E-state index in [1.807, 2.05) is 12.1 Å². The van der Waals surface area contributed by atoms with Crippen LogP contribution in [0, 0.1) is 5.92 Å². The maximum atomic E-state index is 11.3. The Morgan fingerprint density at radius 1 is 1.37 bits per heavy atom. The Balaban J connectivity index is 1.75. The highest BCUT2D eigenvalue weighted by Crippen LogP contribution is 2.12. The highest BCUT2D eigenvalue weighted by Gasteiger charge is 2.12. The quantitative estimate of drug-likeness (QED) is 0.825. The number of hydrogen-bond acceptors (Lipinski definition) is 4. The number of carbonyl (C=O) groups is 1. The number of esters is 1. The minimum absolute atomic E-state index is 0.305. The maximum Gasteiger partial charge on any atom is 0.337 e. The SMILES string of the molecule is COC(=O)c1ccc(COC[C@@H]2CCCNC2)cc1. The summed E-state index contributed by atoms with van der Waals surface area (Å²) in [7, 11) is 1.39. The van der Waals surface area contributed by atoms with E-state index in [4.69, 9.17) is 4.74 Å². The molecule has 1 aromatic carbocycles. The fourth-order valence-corrected chi connectivity index (χ4v) is 2.26. The van der Waals surface area contributed by atoms with E-state index in [1.165, 1.54) is 20.0 Å². The van der Waals surface area contributed by atoms with E-state index < -0.39 is 0 Å². The molecule has 4 heteroatoms. The number of ether oxygens (including phenoxy) is 2.